The van der Waals surface area contributed by atoms with Gasteiger partial charge in [-0.15, -0.1) is 5.10 Å². The van der Waals surface area contributed by atoms with E-state index in [4.69, 9.17) is 0 Å². The minimum Gasteiger partial charge on any atom is -0.302 e. The summed E-state index contributed by atoms with van der Waals surface area (Å²) in [5, 5.41) is 9.25. The van der Waals surface area contributed by atoms with E-state index in [9.17, 15) is 4.79 Å². The number of hydrogen-bond acceptors (Lipinski definition) is 3. The van der Waals surface area contributed by atoms with Crippen LogP contribution in [0, 0.1) is 0 Å². The van der Waals surface area contributed by atoms with E-state index in [0.29, 0.717) is 5.56 Å². The van der Waals surface area contributed by atoms with Crippen LogP contribution in [0.15, 0.2) is 48.5 Å². The lowest BCUT2D eigenvalue weighted by Gasteiger charge is -2.40. The van der Waals surface area contributed by atoms with Crippen LogP contribution in [-0.4, -0.2) is 26.4 Å². The van der Waals surface area contributed by atoms with Gasteiger partial charge in [-0.25, -0.2) is 4.68 Å². The summed E-state index contributed by atoms with van der Waals surface area (Å²) < 4.78 is 1.99. The fraction of sp³-hybridized carbons (Fsp3) is 0.400. The summed E-state index contributed by atoms with van der Waals surface area (Å²) in [5.74, 6) is 0.0117. The van der Waals surface area contributed by atoms with Crippen LogP contribution in [0.5, 0.6) is 0 Å². The van der Waals surface area contributed by atoms with E-state index in [0.717, 1.165) is 41.0 Å². The second kappa shape index (κ2) is 7.08. The van der Waals surface area contributed by atoms with E-state index in [1.807, 2.05) is 58.1 Å². The van der Waals surface area contributed by atoms with Gasteiger partial charge in [-0.05, 0) is 52.7 Å². The van der Waals surface area contributed by atoms with Crippen LogP contribution in [0.4, 0.5) is 5.69 Å². The van der Waals surface area contributed by atoms with Crippen LogP contribution in [-0.2, 0) is 5.54 Å². The van der Waals surface area contributed by atoms with Crippen molar-refractivity contribution in [3.8, 4) is 22.5 Å². The molecule has 4 rings (SSSR count). The highest BCUT2D eigenvalue weighted by Gasteiger charge is 2.38. The Morgan fingerprint density at radius 1 is 0.800 bits per heavy atom. The highest BCUT2D eigenvalue weighted by Crippen LogP contribution is 2.44. The zero-order chi connectivity index (χ0) is 21.7. The number of carbonyl (C=O) groups is 1. The molecule has 0 N–H and O–H groups in total. The van der Waals surface area contributed by atoms with Crippen molar-refractivity contribution in [2.75, 3.05) is 4.90 Å². The lowest BCUT2D eigenvalue weighted by molar-refractivity contribution is 0.0961. The summed E-state index contributed by atoms with van der Waals surface area (Å²) in [5.41, 5.74) is 4.54. The van der Waals surface area contributed by atoms with Gasteiger partial charge >= 0.3 is 0 Å². The molecule has 2 aromatic carbocycles. The van der Waals surface area contributed by atoms with Crippen molar-refractivity contribution >= 4 is 11.6 Å². The predicted molar refractivity (Wildman–Crippen MR) is 122 cm³/mol. The van der Waals surface area contributed by atoms with Crippen LogP contribution >= 0.6 is 0 Å². The van der Waals surface area contributed by atoms with Crippen molar-refractivity contribution in [1.29, 1.82) is 0 Å². The van der Waals surface area contributed by atoms with E-state index < -0.39 is 0 Å². The Morgan fingerprint density at radius 3 is 2.00 bits per heavy atom. The standard InChI is InChI=1S/C25H30N4O/c1-7-24(3,4)28-20-16-12-11-15-19(20)21-22(29(27-26-21)25(5,6)8-2)17-13-9-10-14-18(17)23(28)30/h9-16H,7-8H2,1-6H3. The van der Waals surface area contributed by atoms with Crippen molar-refractivity contribution in [2.45, 2.75) is 65.5 Å². The molecule has 0 radical (unpaired) electrons. The van der Waals surface area contributed by atoms with Crippen LogP contribution in [0.1, 0.15) is 64.7 Å². The molecule has 2 heterocycles. The number of aromatic nitrogens is 3. The van der Waals surface area contributed by atoms with Gasteiger partial charge in [0, 0.05) is 22.2 Å². The Labute approximate surface area is 178 Å². The molecule has 156 valence electrons. The Morgan fingerprint density at radius 2 is 1.37 bits per heavy atom. The molecule has 1 aliphatic heterocycles. The maximum Gasteiger partial charge on any atom is 0.259 e. The van der Waals surface area contributed by atoms with Crippen molar-refractivity contribution in [3.05, 3.63) is 54.1 Å². The molecule has 0 spiro atoms. The van der Waals surface area contributed by atoms with E-state index in [1.54, 1.807) is 0 Å². The van der Waals surface area contributed by atoms with Crippen molar-refractivity contribution < 1.29 is 4.79 Å². The molecule has 0 unspecified atom stereocenters. The van der Waals surface area contributed by atoms with Gasteiger partial charge in [-0.2, -0.15) is 0 Å². The lowest BCUT2D eigenvalue weighted by atomic mass is 9.89. The summed E-state index contributed by atoms with van der Waals surface area (Å²) in [6, 6.07) is 15.9. The topological polar surface area (TPSA) is 51.0 Å². The number of para-hydroxylation sites is 1. The fourth-order valence-corrected chi connectivity index (χ4v) is 4.01. The van der Waals surface area contributed by atoms with Crippen LogP contribution in [0.3, 0.4) is 0 Å². The molecule has 0 aliphatic carbocycles. The molecule has 1 aliphatic rings. The first kappa shape index (κ1) is 20.3. The van der Waals surface area contributed by atoms with Gasteiger partial charge < -0.3 is 4.90 Å². The van der Waals surface area contributed by atoms with Crippen LogP contribution in [0.2, 0.25) is 0 Å². The molecule has 1 amide bonds. The maximum absolute atomic E-state index is 14.0. The SMILES string of the molecule is CCC(C)(C)N1C(=O)c2ccccc2-c2c(nnn2C(C)(C)CC)-c2ccccc21. The molecule has 0 saturated heterocycles. The largest absolute Gasteiger partial charge is 0.302 e. The summed E-state index contributed by atoms with van der Waals surface area (Å²) >= 11 is 0. The number of carbonyl (C=O) groups excluding carboxylic acids is 1. The molecule has 5 heteroatoms. The normalized spacial score (nSPS) is 13.9. The van der Waals surface area contributed by atoms with Gasteiger partial charge in [0.1, 0.15) is 5.69 Å². The van der Waals surface area contributed by atoms with Crippen molar-refractivity contribution in [1.82, 2.24) is 15.0 Å². The smallest absolute Gasteiger partial charge is 0.259 e. The fourth-order valence-electron chi connectivity index (χ4n) is 4.01. The second-order valence-electron chi connectivity index (χ2n) is 9.23. The second-order valence-corrected chi connectivity index (χ2v) is 9.23. The summed E-state index contributed by atoms with van der Waals surface area (Å²) in [6.45, 7) is 12.8. The van der Waals surface area contributed by atoms with E-state index >= 15 is 0 Å². The van der Waals surface area contributed by atoms with Crippen molar-refractivity contribution in [3.63, 3.8) is 0 Å². The Hall–Kier alpha value is -2.95. The third-order valence-electron chi connectivity index (χ3n) is 6.60. The van der Waals surface area contributed by atoms with E-state index in [2.05, 4.69) is 51.9 Å². The number of benzene rings is 2. The minimum absolute atomic E-state index is 0.0117. The van der Waals surface area contributed by atoms with Gasteiger partial charge in [0.25, 0.3) is 5.91 Å². The number of nitrogens with zero attached hydrogens (tertiary/aromatic N) is 4. The average Bonchev–Trinajstić information content (AvgIpc) is 3.18. The molecule has 1 aromatic heterocycles. The Kier molecular flexibility index (Phi) is 4.80. The first-order chi connectivity index (χ1) is 14.2. The molecule has 30 heavy (non-hydrogen) atoms. The number of anilines is 1. The van der Waals surface area contributed by atoms with Gasteiger partial charge in [-0.1, -0.05) is 55.5 Å². The first-order valence-electron chi connectivity index (χ1n) is 10.7. The van der Waals surface area contributed by atoms with Gasteiger partial charge in [-0.3, -0.25) is 4.79 Å². The zero-order valence-electron chi connectivity index (χ0n) is 18.7. The van der Waals surface area contributed by atoms with Crippen molar-refractivity contribution in [2.24, 2.45) is 0 Å². The van der Waals surface area contributed by atoms with Gasteiger partial charge in [0.15, 0.2) is 0 Å². The monoisotopic (exact) mass is 402 g/mol. The summed E-state index contributed by atoms with van der Waals surface area (Å²) in [7, 11) is 0. The summed E-state index contributed by atoms with van der Waals surface area (Å²) in [6.07, 6.45) is 1.73. The molecule has 0 atom stereocenters. The maximum atomic E-state index is 14.0. The molecule has 0 saturated carbocycles. The third kappa shape index (κ3) is 2.95. The van der Waals surface area contributed by atoms with Crippen LogP contribution in [0.25, 0.3) is 22.5 Å². The van der Waals surface area contributed by atoms with E-state index in [-0.39, 0.29) is 17.0 Å². The number of rotatable bonds is 4. The average molecular weight is 403 g/mol. The lowest BCUT2D eigenvalue weighted by Crippen LogP contribution is -2.48. The highest BCUT2D eigenvalue weighted by atomic mass is 16.2. The molecule has 5 nitrogen and oxygen atoms in total. The molecular formula is C25H30N4O. The highest BCUT2D eigenvalue weighted by molar-refractivity contribution is 6.14. The summed E-state index contributed by atoms with van der Waals surface area (Å²) in [4.78, 5) is 15.9. The Bertz CT molecular complexity index is 1110. The third-order valence-corrected chi connectivity index (χ3v) is 6.60. The van der Waals surface area contributed by atoms with Crippen LogP contribution < -0.4 is 4.90 Å². The number of hydrogen-bond donors (Lipinski definition) is 0. The van der Waals surface area contributed by atoms with Gasteiger partial charge in [0.2, 0.25) is 0 Å². The molecule has 0 fully saturated rings. The molecule has 0 bridgehead atoms. The number of fused-ring (bicyclic) bond motifs is 5. The van der Waals surface area contributed by atoms with Gasteiger partial charge in [0.05, 0.1) is 16.9 Å². The minimum atomic E-state index is -0.351. The first-order valence-corrected chi connectivity index (χ1v) is 10.7. The Balaban J connectivity index is 2.15. The van der Waals surface area contributed by atoms with E-state index in [1.165, 1.54) is 0 Å². The molecule has 3 aromatic rings. The quantitative estimate of drug-likeness (QED) is 0.545. The predicted octanol–water partition coefficient (Wildman–Crippen LogP) is 5.91. The number of amides is 1. The zero-order valence-corrected chi connectivity index (χ0v) is 18.7. The molecular weight excluding hydrogens is 372 g/mol.